The first kappa shape index (κ1) is 16.4. The van der Waals surface area contributed by atoms with Gasteiger partial charge in [-0.3, -0.25) is 0 Å². The Bertz CT molecular complexity index is 735. The van der Waals surface area contributed by atoms with E-state index in [2.05, 4.69) is 26.0 Å². The number of hydrogen-bond acceptors (Lipinski definition) is 5. The summed E-state index contributed by atoms with van der Waals surface area (Å²) >= 11 is 1.83. The first-order chi connectivity index (χ1) is 12.3. The maximum absolute atomic E-state index is 13.0. The van der Waals surface area contributed by atoms with Gasteiger partial charge in [0.2, 0.25) is 5.95 Å². The number of benzene rings is 1. The zero-order valence-electron chi connectivity index (χ0n) is 14.0. The predicted molar refractivity (Wildman–Crippen MR) is 98.9 cm³/mol. The Hall–Kier alpha value is -2.08. The van der Waals surface area contributed by atoms with Gasteiger partial charge in [-0.05, 0) is 49.1 Å². The molecule has 4 rings (SSSR count). The number of thioether (sulfide) groups is 1. The van der Waals surface area contributed by atoms with Crippen LogP contribution in [-0.4, -0.2) is 40.3 Å². The highest BCUT2D eigenvalue weighted by Crippen LogP contribution is 2.32. The highest BCUT2D eigenvalue weighted by atomic mass is 32.2. The Morgan fingerprint density at radius 3 is 2.72 bits per heavy atom. The van der Waals surface area contributed by atoms with Crippen molar-refractivity contribution in [3.8, 4) is 0 Å². The molecule has 0 spiro atoms. The van der Waals surface area contributed by atoms with Crippen LogP contribution in [0.5, 0.6) is 0 Å². The molecule has 2 aliphatic heterocycles. The molecule has 25 heavy (non-hydrogen) atoms. The highest BCUT2D eigenvalue weighted by molar-refractivity contribution is 7.99. The lowest BCUT2D eigenvalue weighted by atomic mass is 9.97. The van der Waals surface area contributed by atoms with Gasteiger partial charge in [0.25, 0.3) is 0 Å². The largest absolute Gasteiger partial charge is 0.372 e. The first-order valence-corrected chi connectivity index (χ1v) is 9.64. The molecule has 2 aromatic rings. The molecule has 130 valence electrons. The molecule has 3 heterocycles. The van der Waals surface area contributed by atoms with Crippen molar-refractivity contribution in [1.29, 1.82) is 0 Å². The van der Waals surface area contributed by atoms with E-state index < -0.39 is 0 Å². The van der Waals surface area contributed by atoms with Crippen LogP contribution in [0.2, 0.25) is 0 Å². The van der Waals surface area contributed by atoms with E-state index in [1.165, 1.54) is 24.3 Å². The molecule has 0 N–H and O–H groups in total. The second-order valence-corrected chi connectivity index (χ2v) is 7.57. The summed E-state index contributed by atoms with van der Waals surface area (Å²) in [6.45, 7) is 3.04. The van der Waals surface area contributed by atoms with Gasteiger partial charge in [0.1, 0.15) is 5.82 Å². The molecule has 1 aromatic heterocycles. The SMILES string of the molecule is Fc1ccc(SC[C@@H]2CCC3=CN(c4ncccn4)CCN3C2)cc1. The number of halogens is 1. The van der Waals surface area contributed by atoms with Crippen LogP contribution in [0.3, 0.4) is 0 Å². The summed E-state index contributed by atoms with van der Waals surface area (Å²) in [6.07, 6.45) is 8.08. The maximum atomic E-state index is 13.0. The van der Waals surface area contributed by atoms with Crippen LogP contribution in [0.25, 0.3) is 0 Å². The second-order valence-electron chi connectivity index (χ2n) is 6.48. The van der Waals surface area contributed by atoms with E-state index in [0.717, 1.165) is 42.7 Å². The molecule has 1 atom stereocenters. The molecule has 0 amide bonds. The second kappa shape index (κ2) is 7.44. The summed E-state index contributed by atoms with van der Waals surface area (Å²) < 4.78 is 13.0. The van der Waals surface area contributed by atoms with E-state index in [4.69, 9.17) is 0 Å². The first-order valence-electron chi connectivity index (χ1n) is 8.65. The van der Waals surface area contributed by atoms with Crippen LogP contribution in [-0.2, 0) is 0 Å². The molecule has 6 heteroatoms. The molecule has 0 saturated carbocycles. The van der Waals surface area contributed by atoms with E-state index >= 15 is 0 Å². The normalized spacial score (nSPS) is 20.2. The Labute approximate surface area is 151 Å². The van der Waals surface area contributed by atoms with Gasteiger partial charge in [-0.25, -0.2) is 14.4 Å². The molecule has 1 fully saturated rings. The number of aromatic nitrogens is 2. The fourth-order valence-corrected chi connectivity index (χ4v) is 4.39. The lowest BCUT2D eigenvalue weighted by molar-refractivity contribution is 0.234. The average molecular weight is 356 g/mol. The highest BCUT2D eigenvalue weighted by Gasteiger charge is 2.27. The molecule has 0 radical (unpaired) electrons. The fraction of sp³-hybridized carbons (Fsp3) is 0.368. The Balaban J connectivity index is 1.34. The molecule has 4 nitrogen and oxygen atoms in total. The molecule has 0 aliphatic carbocycles. The number of piperidine rings is 1. The zero-order chi connectivity index (χ0) is 17.1. The number of rotatable bonds is 4. The molecular weight excluding hydrogens is 335 g/mol. The molecular formula is C19H21FN4S. The predicted octanol–water partition coefficient (Wildman–Crippen LogP) is 3.78. The van der Waals surface area contributed by atoms with Gasteiger partial charge >= 0.3 is 0 Å². The Morgan fingerprint density at radius 1 is 1.12 bits per heavy atom. The number of nitrogens with zero attached hydrogens (tertiary/aromatic N) is 4. The summed E-state index contributed by atoms with van der Waals surface area (Å²) in [5.41, 5.74) is 1.39. The van der Waals surface area contributed by atoms with Crippen molar-refractivity contribution in [3.05, 3.63) is 60.4 Å². The van der Waals surface area contributed by atoms with E-state index in [1.54, 1.807) is 12.4 Å². The van der Waals surface area contributed by atoms with Crippen LogP contribution >= 0.6 is 11.8 Å². The third kappa shape index (κ3) is 3.95. The molecule has 1 saturated heterocycles. The number of hydrogen-bond donors (Lipinski definition) is 0. The topological polar surface area (TPSA) is 32.3 Å². The summed E-state index contributed by atoms with van der Waals surface area (Å²) in [4.78, 5) is 14.5. The van der Waals surface area contributed by atoms with Crippen molar-refractivity contribution < 1.29 is 4.39 Å². The van der Waals surface area contributed by atoms with E-state index in [0.29, 0.717) is 5.92 Å². The van der Waals surface area contributed by atoms with Gasteiger partial charge in [-0.2, -0.15) is 0 Å². The minimum atomic E-state index is -0.169. The van der Waals surface area contributed by atoms with Crippen molar-refractivity contribution in [3.63, 3.8) is 0 Å². The van der Waals surface area contributed by atoms with Gasteiger partial charge in [-0.15, -0.1) is 11.8 Å². The number of allylic oxidation sites excluding steroid dienone is 1. The van der Waals surface area contributed by atoms with Crippen LogP contribution < -0.4 is 4.90 Å². The summed E-state index contributed by atoms with van der Waals surface area (Å²) in [7, 11) is 0. The Morgan fingerprint density at radius 2 is 1.92 bits per heavy atom. The van der Waals surface area contributed by atoms with Crippen molar-refractivity contribution in [2.45, 2.75) is 17.7 Å². The van der Waals surface area contributed by atoms with Crippen LogP contribution in [0.4, 0.5) is 10.3 Å². The quantitative estimate of drug-likeness (QED) is 0.779. The fourth-order valence-electron chi connectivity index (χ4n) is 3.36. The van der Waals surface area contributed by atoms with Crippen molar-refractivity contribution in [2.75, 3.05) is 30.3 Å². The molecule has 1 aromatic carbocycles. The van der Waals surface area contributed by atoms with E-state index in [1.807, 2.05) is 30.0 Å². The standard InChI is InChI=1S/C19H21FN4S/c20-16-3-6-18(7-4-16)25-14-15-2-5-17-13-24(11-10-23(17)12-15)19-21-8-1-9-22-19/h1,3-4,6-9,13,15H,2,5,10-12,14H2/t15-/m1/s1. The van der Waals surface area contributed by atoms with Gasteiger partial charge in [0.15, 0.2) is 0 Å². The smallest absolute Gasteiger partial charge is 0.229 e. The zero-order valence-corrected chi connectivity index (χ0v) is 14.8. The lowest BCUT2D eigenvalue weighted by Crippen LogP contribution is -2.44. The minimum absolute atomic E-state index is 0.169. The van der Waals surface area contributed by atoms with E-state index in [-0.39, 0.29) is 5.82 Å². The van der Waals surface area contributed by atoms with Crippen LogP contribution in [0, 0.1) is 11.7 Å². The minimum Gasteiger partial charge on any atom is -0.372 e. The van der Waals surface area contributed by atoms with Crippen molar-refractivity contribution in [2.24, 2.45) is 5.92 Å². The average Bonchev–Trinajstić information content (AvgIpc) is 2.68. The third-order valence-electron chi connectivity index (χ3n) is 4.72. The van der Waals surface area contributed by atoms with Crippen molar-refractivity contribution >= 4 is 17.7 Å². The van der Waals surface area contributed by atoms with Gasteiger partial charge in [0.05, 0.1) is 0 Å². The van der Waals surface area contributed by atoms with Gasteiger partial charge < -0.3 is 9.80 Å². The molecule has 2 aliphatic rings. The Kier molecular flexibility index (Phi) is 4.88. The van der Waals surface area contributed by atoms with Crippen LogP contribution in [0.1, 0.15) is 12.8 Å². The van der Waals surface area contributed by atoms with Crippen LogP contribution in [0.15, 0.2) is 59.5 Å². The monoisotopic (exact) mass is 356 g/mol. The number of anilines is 1. The number of fused-ring (bicyclic) bond motifs is 1. The summed E-state index contributed by atoms with van der Waals surface area (Å²) in [6, 6.07) is 8.65. The molecule has 0 bridgehead atoms. The summed E-state index contributed by atoms with van der Waals surface area (Å²) in [5, 5.41) is 0. The van der Waals surface area contributed by atoms with Gasteiger partial charge in [0, 0.05) is 54.6 Å². The van der Waals surface area contributed by atoms with Crippen molar-refractivity contribution in [1.82, 2.24) is 14.9 Å². The lowest BCUT2D eigenvalue weighted by Gasteiger charge is -2.41. The van der Waals surface area contributed by atoms with Gasteiger partial charge in [-0.1, -0.05) is 0 Å². The third-order valence-corrected chi connectivity index (χ3v) is 5.96. The van der Waals surface area contributed by atoms with E-state index in [9.17, 15) is 4.39 Å². The molecule has 0 unspecified atom stereocenters. The summed E-state index contributed by atoms with van der Waals surface area (Å²) in [5.74, 6) is 2.37. The maximum Gasteiger partial charge on any atom is 0.229 e.